The summed E-state index contributed by atoms with van der Waals surface area (Å²) < 4.78 is 0. The molecule has 5 heteroatoms. The van der Waals surface area contributed by atoms with Gasteiger partial charge in [-0.25, -0.2) is 0 Å². The molecule has 0 aliphatic rings. The molecule has 0 atom stereocenters. The van der Waals surface area contributed by atoms with E-state index in [1.165, 1.54) is 19.8 Å². The highest BCUT2D eigenvalue weighted by molar-refractivity contribution is 6.04. The number of hydrogen-bond acceptors (Lipinski definition) is 4. The summed E-state index contributed by atoms with van der Waals surface area (Å²) in [5, 5.41) is 6.07. The molecule has 126 valence electrons. The lowest BCUT2D eigenvalue weighted by Crippen LogP contribution is -2.14. The summed E-state index contributed by atoms with van der Waals surface area (Å²) in [6, 6.07) is 10.4. The Kier molecular flexibility index (Phi) is 6.49. The van der Waals surface area contributed by atoms with Crippen LogP contribution in [0.5, 0.6) is 0 Å². The van der Waals surface area contributed by atoms with Crippen LogP contribution in [0.1, 0.15) is 54.0 Å². The quantitative estimate of drug-likeness (QED) is 0.565. The molecule has 2 rings (SSSR count). The van der Waals surface area contributed by atoms with Gasteiger partial charge in [-0.1, -0.05) is 31.9 Å². The number of carbonyl (C=O) groups is 2. The van der Waals surface area contributed by atoms with E-state index in [2.05, 4.69) is 22.5 Å². The molecule has 0 unspecified atom stereocenters. The van der Waals surface area contributed by atoms with Gasteiger partial charge in [0.1, 0.15) is 5.69 Å². The number of benzene rings is 1. The minimum atomic E-state index is -0.298. The van der Waals surface area contributed by atoms with Crippen molar-refractivity contribution in [3.63, 3.8) is 0 Å². The second-order valence-electron chi connectivity index (χ2n) is 5.65. The number of carbonyl (C=O) groups excluding carboxylic acids is 2. The first-order valence-electron chi connectivity index (χ1n) is 8.22. The normalized spacial score (nSPS) is 10.2. The fourth-order valence-corrected chi connectivity index (χ4v) is 2.28. The number of nitrogens with zero attached hydrogens (tertiary/aromatic N) is 1. The molecule has 0 saturated heterocycles. The number of rotatable bonds is 8. The second kappa shape index (κ2) is 8.82. The monoisotopic (exact) mass is 325 g/mol. The van der Waals surface area contributed by atoms with E-state index in [0.29, 0.717) is 16.9 Å². The Morgan fingerprint density at radius 3 is 2.67 bits per heavy atom. The largest absolute Gasteiger partial charge is 0.385 e. The van der Waals surface area contributed by atoms with Gasteiger partial charge < -0.3 is 10.6 Å². The Labute approximate surface area is 142 Å². The van der Waals surface area contributed by atoms with Crippen LogP contribution in [-0.2, 0) is 0 Å². The lowest BCUT2D eigenvalue weighted by Gasteiger charge is -2.09. The maximum Gasteiger partial charge on any atom is 0.274 e. The first-order valence-corrected chi connectivity index (χ1v) is 8.22. The molecule has 1 amide bonds. The summed E-state index contributed by atoms with van der Waals surface area (Å²) in [4.78, 5) is 27.9. The van der Waals surface area contributed by atoms with Gasteiger partial charge in [0, 0.05) is 29.7 Å². The number of unbranched alkanes of at least 4 members (excludes halogenated alkanes) is 2. The van der Waals surface area contributed by atoms with Crippen LogP contribution in [0.3, 0.4) is 0 Å². The molecule has 1 aromatic carbocycles. The Morgan fingerprint density at radius 1 is 1.08 bits per heavy atom. The van der Waals surface area contributed by atoms with Crippen molar-refractivity contribution >= 4 is 23.1 Å². The Morgan fingerprint density at radius 2 is 1.92 bits per heavy atom. The lowest BCUT2D eigenvalue weighted by molar-refractivity contribution is 0.100. The van der Waals surface area contributed by atoms with E-state index in [0.717, 1.165) is 18.7 Å². The van der Waals surface area contributed by atoms with E-state index < -0.39 is 0 Å². The van der Waals surface area contributed by atoms with Crippen LogP contribution in [0.15, 0.2) is 42.6 Å². The van der Waals surface area contributed by atoms with Crippen molar-refractivity contribution in [2.75, 3.05) is 17.2 Å². The molecule has 0 fully saturated rings. The van der Waals surface area contributed by atoms with Crippen molar-refractivity contribution in [2.45, 2.75) is 33.1 Å². The molecule has 0 radical (unpaired) electrons. The van der Waals surface area contributed by atoms with Crippen molar-refractivity contribution < 1.29 is 9.59 Å². The van der Waals surface area contributed by atoms with E-state index in [1.54, 1.807) is 36.5 Å². The summed E-state index contributed by atoms with van der Waals surface area (Å²) in [7, 11) is 0. The summed E-state index contributed by atoms with van der Waals surface area (Å²) in [5.74, 6) is -0.338. The maximum atomic E-state index is 12.3. The molecule has 1 heterocycles. The van der Waals surface area contributed by atoms with Crippen LogP contribution in [0.25, 0.3) is 0 Å². The first-order chi connectivity index (χ1) is 11.6. The number of amides is 1. The first kappa shape index (κ1) is 17.7. The van der Waals surface area contributed by atoms with Gasteiger partial charge in [0.05, 0.1) is 0 Å². The number of pyridine rings is 1. The minimum Gasteiger partial charge on any atom is -0.385 e. The molecule has 0 aliphatic heterocycles. The molecular formula is C19H23N3O2. The number of aromatic nitrogens is 1. The molecule has 0 aliphatic carbocycles. The van der Waals surface area contributed by atoms with Crippen LogP contribution in [-0.4, -0.2) is 23.2 Å². The van der Waals surface area contributed by atoms with Gasteiger partial charge in [0.15, 0.2) is 5.78 Å². The van der Waals surface area contributed by atoms with E-state index in [4.69, 9.17) is 0 Å². The van der Waals surface area contributed by atoms with Crippen LogP contribution >= 0.6 is 0 Å². The van der Waals surface area contributed by atoms with E-state index in [1.807, 2.05) is 6.07 Å². The molecule has 2 N–H and O–H groups in total. The van der Waals surface area contributed by atoms with E-state index in [9.17, 15) is 9.59 Å². The lowest BCUT2D eigenvalue weighted by atomic mass is 10.1. The van der Waals surface area contributed by atoms with Gasteiger partial charge in [-0.2, -0.15) is 0 Å². The standard InChI is InChI=1S/C19H23N3O2/c1-3-4-5-10-20-16-9-11-21-18(13-16)19(24)22-17-8-6-7-15(12-17)14(2)23/h6-9,11-13H,3-5,10H2,1-2H3,(H,20,21)(H,22,24). The zero-order valence-electron chi connectivity index (χ0n) is 14.1. The fraction of sp³-hybridized carbons (Fsp3) is 0.316. The molecule has 0 saturated carbocycles. The van der Waals surface area contributed by atoms with Gasteiger partial charge in [-0.05, 0) is 37.6 Å². The Hall–Kier alpha value is -2.69. The van der Waals surface area contributed by atoms with Crippen molar-refractivity contribution in [3.05, 3.63) is 53.9 Å². The fourth-order valence-electron chi connectivity index (χ4n) is 2.28. The highest BCUT2D eigenvalue weighted by atomic mass is 16.2. The smallest absolute Gasteiger partial charge is 0.274 e. The number of nitrogens with one attached hydrogen (secondary N) is 2. The van der Waals surface area contributed by atoms with Gasteiger partial charge in [-0.15, -0.1) is 0 Å². The number of anilines is 2. The molecule has 2 aromatic rings. The minimum absolute atomic E-state index is 0.0394. The summed E-state index contributed by atoms with van der Waals surface area (Å²) in [6.07, 6.45) is 5.06. The molecule has 5 nitrogen and oxygen atoms in total. The van der Waals surface area contributed by atoms with E-state index in [-0.39, 0.29) is 11.7 Å². The number of Topliss-reactive ketones (excluding diaryl/α,β-unsaturated/α-hetero) is 1. The van der Waals surface area contributed by atoms with Crippen molar-refractivity contribution in [1.29, 1.82) is 0 Å². The van der Waals surface area contributed by atoms with Crippen LogP contribution in [0.2, 0.25) is 0 Å². The molecular weight excluding hydrogens is 302 g/mol. The summed E-state index contributed by atoms with van der Waals surface area (Å²) in [5.41, 5.74) is 2.36. The Balaban J connectivity index is 2.01. The maximum absolute atomic E-state index is 12.3. The average molecular weight is 325 g/mol. The number of ketones is 1. The van der Waals surface area contributed by atoms with Crippen molar-refractivity contribution in [3.8, 4) is 0 Å². The second-order valence-corrected chi connectivity index (χ2v) is 5.65. The van der Waals surface area contributed by atoms with Crippen molar-refractivity contribution in [1.82, 2.24) is 4.98 Å². The Bertz CT molecular complexity index is 713. The van der Waals surface area contributed by atoms with Gasteiger partial charge >= 0.3 is 0 Å². The van der Waals surface area contributed by atoms with E-state index >= 15 is 0 Å². The summed E-state index contributed by atoms with van der Waals surface area (Å²) >= 11 is 0. The number of hydrogen-bond donors (Lipinski definition) is 2. The predicted molar refractivity (Wildman–Crippen MR) is 96.7 cm³/mol. The third-order valence-electron chi connectivity index (χ3n) is 3.63. The van der Waals surface area contributed by atoms with Crippen LogP contribution in [0.4, 0.5) is 11.4 Å². The van der Waals surface area contributed by atoms with Gasteiger partial charge in [0.2, 0.25) is 0 Å². The molecule has 0 spiro atoms. The molecule has 1 aromatic heterocycles. The van der Waals surface area contributed by atoms with Gasteiger partial charge in [0.25, 0.3) is 5.91 Å². The predicted octanol–water partition coefficient (Wildman–Crippen LogP) is 4.14. The summed E-state index contributed by atoms with van der Waals surface area (Å²) in [6.45, 7) is 4.53. The SMILES string of the molecule is CCCCCNc1ccnc(C(=O)Nc2cccc(C(C)=O)c2)c1. The van der Waals surface area contributed by atoms with Crippen molar-refractivity contribution in [2.24, 2.45) is 0 Å². The highest BCUT2D eigenvalue weighted by Gasteiger charge is 2.09. The topological polar surface area (TPSA) is 71.1 Å². The molecule has 0 bridgehead atoms. The zero-order chi connectivity index (χ0) is 17.4. The van der Waals surface area contributed by atoms with Gasteiger partial charge in [-0.3, -0.25) is 14.6 Å². The highest BCUT2D eigenvalue weighted by Crippen LogP contribution is 2.14. The average Bonchev–Trinajstić information content (AvgIpc) is 2.59. The van der Waals surface area contributed by atoms with Crippen LogP contribution in [0, 0.1) is 0 Å². The zero-order valence-corrected chi connectivity index (χ0v) is 14.1. The molecule has 24 heavy (non-hydrogen) atoms. The third-order valence-corrected chi connectivity index (χ3v) is 3.63. The third kappa shape index (κ3) is 5.19. The van der Waals surface area contributed by atoms with Crippen LogP contribution < -0.4 is 10.6 Å².